The second kappa shape index (κ2) is 6.92. The lowest BCUT2D eigenvalue weighted by atomic mass is 9.87. The van der Waals surface area contributed by atoms with Gasteiger partial charge in [-0.1, -0.05) is 0 Å². The molecule has 1 unspecified atom stereocenters. The molecule has 5 nitrogen and oxygen atoms in total. The van der Waals surface area contributed by atoms with E-state index >= 15 is 0 Å². The van der Waals surface area contributed by atoms with E-state index in [9.17, 15) is 4.79 Å². The van der Waals surface area contributed by atoms with E-state index < -0.39 is 0 Å². The summed E-state index contributed by atoms with van der Waals surface area (Å²) in [5.41, 5.74) is 0.856. The summed E-state index contributed by atoms with van der Waals surface area (Å²) in [6.45, 7) is 5.76. The molecule has 1 atom stereocenters. The van der Waals surface area contributed by atoms with Gasteiger partial charge in [-0.3, -0.25) is 9.69 Å². The fraction of sp³-hybridized carbons (Fsp3) is 0.529. The zero-order chi connectivity index (χ0) is 16.4. The fourth-order valence-corrected chi connectivity index (χ4v) is 4.95. The summed E-state index contributed by atoms with van der Waals surface area (Å²) in [7, 11) is 0. The molecule has 0 N–H and O–H groups in total. The molecular formula is C17H21N3O2S2. The molecule has 0 aliphatic carbocycles. The number of carbonyl (C=O) groups is 1. The van der Waals surface area contributed by atoms with Crippen LogP contribution < -0.4 is 0 Å². The van der Waals surface area contributed by atoms with Crippen molar-refractivity contribution in [1.82, 2.24) is 14.8 Å². The van der Waals surface area contributed by atoms with Crippen LogP contribution in [0.5, 0.6) is 0 Å². The average Bonchev–Trinajstić information content (AvgIpc) is 3.30. The quantitative estimate of drug-likeness (QED) is 0.841. The van der Waals surface area contributed by atoms with Gasteiger partial charge in [-0.15, -0.1) is 11.3 Å². The van der Waals surface area contributed by atoms with Gasteiger partial charge in [-0.25, -0.2) is 4.98 Å². The van der Waals surface area contributed by atoms with E-state index in [1.807, 2.05) is 33.3 Å². The van der Waals surface area contributed by atoms with Crippen LogP contribution in [-0.4, -0.2) is 60.1 Å². The molecule has 2 fully saturated rings. The number of rotatable bonds is 3. The molecular weight excluding hydrogens is 342 g/mol. The van der Waals surface area contributed by atoms with Crippen molar-refractivity contribution in [3.05, 3.63) is 39.0 Å². The minimum absolute atomic E-state index is 0.0550. The maximum atomic E-state index is 12.7. The van der Waals surface area contributed by atoms with Crippen LogP contribution in [0.25, 0.3) is 0 Å². The minimum atomic E-state index is 0.0550. The van der Waals surface area contributed by atoms with Gasteiger partial charge in [0.25, 0.3) is 5.91 Å². The van der Waals surface area contributed by atoms with Crippen molar-refractivity contribution in [2.45, 2.75) is 13.0 Å². The Morgan fingerprint density at radius 3 is 3.08 bits per heavy atom. The Labute approximate surface area is 149 Å². The van der Waals surface area contributed by atoms with Crippen LogP contribution in [0, 0.1) is 5.41 Å². The number of thiazole rings is 1. The average molecular weight is 364 g/mol. The largest absolute Gasteiger partial charge is 0.379 e. The molecule has 7 heteroatoms. The van der Waals surface area contributed by atoms with Crippen LogP contribution in [0.2, 0.25) is 0 Å². The van der Waals surface area contributed by atoms with Gasteiger partial charge in [0.1, 0.15) is 5.01 Å². The van der Waals surface area contributed by atoms with E-state index in [4.69, 9.17) is 4.74 Å². The molecule has 0 aromatic carbocycles. The van der Waals surface area contributed by atoms with Gasteiger partial charge in [0, 0.05) is 42.0 Å². The van der Waals surface area contributed by atoms with E-state index in [1.54, 1.807) is 22.7 Å². The normalized spacial score (nSPS) is 25.2. The lowest BCUT2D eigenvalue weighted by Crippen LogP contribution is -2.43. The summed E-state index contributed by atoms with van der Waals surface area (Å²) >= 11 is 3.28. The number of hydrogen-bond acceptors (Lipinski definition) is 6. The highest BCUT2D eigenvalue weighted by atomic mass is 32.1. The number of carbonyl (C=O) groups excluding carboxylic acids is 1. The van der Waals surface area contributed by atoms with Gasteiger partial charge in [0.15, 0.2) is 0 Å². The first kappa shape index (κ1) is 16.2. The minimum Gasteiger partial charge on any atom is -0.379 e. The van der Waals surface area contributed by atoms with Crippen molar-refractivity contribution in [2.24, 2.45) is 5.41 Å². The van der Waals surface area contributed by atoms with Gasteiger partial charge in [0.2, 0.25) is 0 Å². The van der Waals surface area contributed by atoms with Crippen LogP contribution in [-0.2, 0) is 11.3 Å². The number of likely N-dealkylation sites (tertiary alicyclic amines) is 1. The van der Waals surface area contributed by atoms with Crippen molar-refractivity contribution in [3.63, 3.8) is 0 Å². The summed E-state index contributed by atoms with van der Waals surface area (Å²) in [5.74, 6) is 0.138. The topological polar surface area (TPSA) is 45.7 Å². The van der Waals surface area contributed by atoms with Crippen molar-refractivity contribution < 1.29 is 9.53 Å². The fourth-order valence-electron chi connectivity index (χ4n) is 3.67. The van der Waals surface area contributed by atoms with Gasteiger partial charge < -0.3 is 9.64 Å². The maximum absolute atomic E-state index is 12.7. The van der Waals surface area contributed by atoms with Crippen LogP contribution >= 0.6 is 22.7 Å². The molecule has 0 saturated carbocycles. The van der Waals surface area contributed by atoms with Gasteiger partial charge in [-0.2, -0.15) is 11.3 Å². The Bertz CT molecular complexity index is 674. The molecule has 24 heavy (non-hydrogen) atoms. The first-order chi connectivity index (χ1) is 11.7. The number of aromatic nitrogens is 1. The lowest BCUT2D eigenvalue weighted by molar-refractivity contribution is 0.0644. The molecule has 1 spiro atoms. The van der Waals surface area contributed by atoms with Crippen LogP contribution in [0.4, 0.5) is 0 Å². The Balaban J connectivity index is 1.45. The molecule has 1 amide bonds. The molecule has 4 rings (SSSR count). The summed E-state index contributed by atoms with van der Waals surface area (Å²) in [6.07, 6.45) is 2.94. The predicted octanol–water partition coefficient (Wildman–Crippen LogP) is 2.57. The van der Waals surface area contributed by atoms with Gasteiger partial charge >= 0.3 is 0 Å². The molecule has 2 aliphatic heterocycles. The third kappa shape index (κ3) is 3.39. The third-order valence-corrected chi connectivity index (χ3v) is 6.30. The van der Waals surface area contributed by atoms with Crippen LogP contribution in [0.1, 0.15) is 21.8 Å². The standard InChI is InChI=1S/C17H21N3O2S2/c21-16(14-1-7-23-10-14)20-5-6-22-13-17(12-20)2-4-19(11-17)9-15-18-3-8-24-15/h1,3,7-8,10H,2,4-6,9,11-13H2. The van der Waals surface area contributed by atoms with Crippen molar-refractivity contribution in [3.8, 4) is 0 Å². The molecule has 0 radical (unpaired) electrons. The predicted molar refractivity (Wildman–Crippen MR) is 95.5 cm³/mol. The first-order valence-electron chi connectivity index (χ1n) is 8.24. The van der Waals surface area contributed by atoms with Crippen LogP contribution in [0.3, 0.4) is 0 Å². The molecule has 128 valence electrons. The summed E-state index contributed by atoms with van der Waals surface area (Å²) in [6, 6.07) is 1.91. The smallest absolute Gasteiger partial charge is 0.254 e. The number of thiophene rings is 1. The van der Waals surface area contributed by atoms with E-state index in [1.165, 1.54) is 0 Å². The van der Waals surface area contributed by atoms with Gasteiger partial charge in [-0.05, 0) is 24.4 Å². The monoisotopic (exact) mass is 363 g/mol. The molecule has 0 bridgehead atoms. The van der Waals surface area contributed by atoms with E-state index in [0.717, 1.165) is 49.8 Å². The summed E-state index contributed by atoms with van der Waals surface area (Å²) < 4.78 is 5.88. The second-order valence-corrected chi connectivity index (χ2v) is 8.44. The molecule has 4 heterocycles. The van der Waals surface area contributed by atoms with Crippen LogP contribution in [0.15, 0.2) is 28.4 Å². The third-order valence-electron chi connectivity index (χ3n) is 4.86. The summed E-state index contributed by atoms with van der Waals surface area (Å²) in [4.78, 5) is 21.6. The van der Waals surface area contributed by atoms with Crippen molar-refractivity contribution in [2.75, 3.05) is 39.4 Å². The highest BCUT2D eigenvalue weighted by molar-refractivity contribution is 7.09. The number of amides is 1. The van der Waals surface area contributed by atoms with Gasteiger partial charge in [0.05, 0.1) is 25.3 Å². The van der Waals surface area contributed by atoms with E-state index in [0.29, 0.717) is 13.2 Å². The molecule has 2 aromatic heterocycles. The highest BCUT2D eigenvalue weighted by Gasteiger charge is 2.42. The second-order valence-electron chi connectivity index (χ2n) is 6.68. The maximum Gasteiger partial charge on any atom is 0.254 e. The Kier molecular flexibility index (Phi) is 4.67. The SMILES string of the molecule is O=C(c1ccsc1)N1CCOCC2(CCN(Cc3nccs3)C2)C1. The highest BCUT2D eigenvalue weighted by Crippen LogP contribution is 2.34. The van der Waals surface area contributed by atoms with E-state index in [-0.39, 0.29) is 11.3 Å². The van der Waals surface area contributed by atoms with Crippen molar-refractivity contribution in [1.29, 1.82) is 0 Å². The molecule has 2 saturated heterocycles. The van der Waals surface area contributed by atoms with Crippen molar-refractivity contribution >= 4 is 28.6 Å². The number of hydrogen-bond donors (Lipinski definition) is 0. The molecule has 2 aliphatic rings. The molecule has 2 aromatic rings. The lowest BCUT2D eigenvalue weighted by Gasteiger charge is -2.31. The zero-order valence-electron chi connectivity index (χ0n) is 13.5. The number of ether oxygens (including phenoxy) is 1. The Hall–Kier alpha value is -1.28. The summed E-state index contributed by atoms with van der Waals surface area (Å²) in [5, 5.41) is 7.08. The zero-order valence-corrected chi connectivity index (χ0v) is 15.2. The Morgan fingerprint density at radius 2 is 2.29 bits per heavy atom. The first-order valence-corrected chi connectivity index (χ1v) is 10.1. The van der Waals surface area contributed by atoms with E-state index in [2.05, 4.69) is 9.88 Å². The number of nitrogens with zero attached hydrogens (tertiary/aromatic N) is 3. The Morgan fingerprint density at radius 1 is 1.33 bits per heavy atom.